The molecule has 0 saturated heterocycles. The molecule has 0 heterocycles. The zero-order valence-corrected chi connectivity index (χ0v) is 15.9. The number of amides is 1. The largest absolute Gasteiger partial charge is 0.350 e. The van der Waals surface area contributed by atoms with E-state index in [1.54, 1.807) is 6.20 Å². The van der Waals surface area contributed by atoms with Gasteiger partial charge in [-0.1, -0.05) is 19.6 Å². The summed E-state index contributed by atoms with van der Waals surface area (Å²) in [6.45, 7) is 13.9. The average Bonchev–Trinajstić information content (AvgIpc) is 2.55. The molecule has 5 heteroatoms. The molecule has 0 aliphatic carbocycles. The minimum absolute atomic E-state index is 0.107. The van der Waals surface area contributed by atoms with Gasteiger partial charge in [0.05, 0.1) is 0 Å². The topological polar surface area (TPSA) is 79.5 Å². The van der Waals surface area contributed by atoms with Crippen LogP contribution in [0.3, 0.4) is 0 Å². The molecule has 1 amide bonds. The Morgan fingerprint density at radius 2 is 2.08 bits per heavy atom. The first-order chi connectivity index (χ1) is 11.7. The highest BCUT2D eigenvalue weighted by Crippen LogP contribution is 2.18. The molecule has 0 saturated carbocycles. The zero-order chi connectivity index (χ0) is 19.0. The van der Waals surface area contributed by atoms with Crippen molar-refractivity contribution in [3.05, 3.63) is 53.8 Å². The van der Waals surface area contributed by atoms with Crippen LogP contribution in [0.15, 0.2) is 47.6 Å². The molecule has 0 aliphatic heterocycles. The molecule has 0 radical (unpaired) electrons. The predicted molar refractivity (Wildman–Crippen MR) is 107 cm³/mol. The van der Waals surface area contributed by atoms with Crippen molar-refractivity contribution in [1.29, 1.82) is 0 Å². The van der Waals surface area contributed by atoms with Gasteiger partial charge in [-0.05, 0) is 63.5 Å². The van der Waals surface area contributed by atoms with E-state index in [0.29, 0.717) is 17.9 Å². The van der Waals surface area contributed by atoms with E-state index in [1.165, 1.54) is 0 Å². The summed E-state index contributed by atoms with van der Waals surface area (Å²) in [5, 5.41) is 6.15. The normalized spacial score (nSPS) is 12.3. The van der Waals surface area contributed by atoms with Crippen molar-refractivity contribution < 1.29 is 4.79 Å². The maximum atomic E-state index is 12.4. The van der Waals surface area contributed by atoms with Crippen LogP contribution in [0.5, 0.6) is 0 Å². The van der Waals surface area contributed by atoms with Gasteiger partial charge in [-0.2, -0.15) is 0 Å². The molecule has 5 nitrogen and oxygen atoms in total. The first-order valence-corrected chi connectivity index (χ1v) is 8.49. The molecular weight excluding hydrogens is 312 g/mol. The fraction of sp³-hybridized carbons (Fsp3) is 0.400. The predicted octanol–water partition coefficient (Wildman–Crippen LogP) is 3.64. The number of carbonyl (C=O) groups is 1. The molecule has 4 N–H and O–H groups in total. The molecule has 0 spiro atoms. The molecule has 0 atom stereocenters. The van der Waals surface area contributed by atoms with Crippen LogP contribution in [0, 0.1) is 0 Å². The molecule has 0 aromatic heterocycles. The van der Waals surface area contributed by atoms with E-state index in [9.17, 15) is 4.79 Å². The van der Waals surface area contributed by atoms with Gasteiger partial charge in [0.2, 0.25) is 0 Å². The third-order valence-corrected chi connectivity index (χ3v) is 3.46. The fourth-order valence-electron chi connectivity index (χ4n) is 2.12. The minimum Gasteiger partial charge on any atom is -0.350 e. The molecule has 1 aromatic carbocycles. The summed E-state index contributed by atoms with van der Waals surface area (Å²) < 4.78 is 0. The van der Waals surface area contributed by atoms with Crippen molar-refractivity contribution >= 4 is 17.4 Å². The van der Waals surface area contributed by atoms with Crippen molar-refractivity contribution in [2.75, 3.05) is 11.9 Å². The van der Waals surface area contributed by atoms with Gasteiger partial charge in [0.15, 0.2) is 0 Å². The van der Waals surface area contributed by atoms with Crippen LogP contribution in [0.2, 0.25) is 0 Å². The molecule has 136 valence electrons. The van der Waals surface area contributed by atoms with Crippen LogP contribution in [-0.2, 0) is 6.42 Å². The number of allylic oxidation sites excluding steroid dienone is 1. The van der Waals surface area contributed by atoms with E-state index in [2.05, 4.69) is 22.2 Å². The van der Waals surface area contributed by atoms with Crippen molar-refractivity contribution in [1.82, 2.24) is 5.32 Å². The third kappa shape index (κ3) is 6.93. The van der Waals surface area contributed by atoms with Gasteiger partial charge in [0, 0.05) is 29.5 Å². The lowest BCUT2D eigenvalue weighted by atomic mass is 10.0. The summed E-state index contributed by atoms with van der Waals surface area (Å²) in [7, 11) is 0. The number of anilines is 1. The van der Waals surface area contributed by atoms with Crippen molar-refractivity contribution in [3.63, 3.8) is 0 Å². The number of amidine groups is 1. The minimum atomic E-state index is -0.441. The van der Waals surface area contributed by atoms with E-state index in [4.69, 9.17) is 5.73 Å². The second kappa shape index (κ2) is 9.18. The maximum absolute atomic E-state index is 12.4. The molecule has 1 rings (SSSR count). The molecule has 0 unspecified atom stereocenters. The van der Waals surface area contributed by atoms with Crippen molar-refractivity contribution in [2.24, 2.45) is 10.7 Å². The number of aryl methyl sites for hydroxylation is 1. The average molecular weight is 342 g/mol. The van der Waals surface area contributed by atoms with Crippen LogP contribution in [0.1, 0.15) is 50.5 Å². The second-order valence-corrected chi connectivity index (χ2v) is 6.76. The van der Waals surface area contributed by atoms with Crippen molar-refractivity contribution in [3.8, 4) is 0 Å². The Kier molecular flexibility index (Phi) is 7.58. The Hall–Kier alpha value is -2.40. The number of nitrogens with one attached hydrogen (secondary N) is 2. The monoisotopic (exact) mass is 342 g/mol. The van der Waals surface area contributed by atoms with Gasteiger partial charge in [-0.25, -0.2) is 4.99 Å². The summed E-state index contributed by atoms with van der Waals surface area (Å²) >= 11 is 0. The highest BCUT2D eigenvalue weighted by Gasteiger charge is 2.16. The summed E-state index contributed by atoms with van der Waals surface area (Å²) in [6, 6.07) is 5.66. The highest BCUT2D eigenvalue weighted by atomic mass is 16.1. The summed E-state index contributed by atoms with van der Waals surface area (Å²) in [6.07, 6.45) is 4.32. The molecule has 25 heavy (non-hydrogen) atoms. The summed E-state index contributed by atoms with van der Waals surface area (Å²) in [5.74, 6) is 0.590. The van der Waals surface area contributed by atoms with Crippen LogP contribution in [0.25, 0.3) is 0 Å². The molecular formula is C20H30N4O. The van der Waals surface area contributed by atoms with E-state index in [0.717, 1.165) is 23.2 Å². The van der Waals surface area contributed by atoms with Gasteiger partial charge in [0.25, 0.3) is 5.91 Å². The van der Waals surface area contributed by atoms with Gasteiger partial charge < -0.3 is 16.4 Å². The molecule has 0 bridgehead atoms. The van der Waals surface area contributed by atoms with Crippen LogP contribution < -0.4 is 16.4 Å². The van der Waals surface area contributed by atoms with E-state index in [-0.39, 0.29) is 5.91 Å². The second-order valence-electron chi connectivity index (χ2n) is 6.76. The lowest BCUT2D eigenvalue weighted by Gasteiger charge is -2.20. The van der Waals surface area contributed by atoms with E-state index in [1.807, 2.05) is 58.9 Å². The van der Waals surface area contributed by atoms with Crippen LogP contribution in [0.4, 0.5) is 5.69 Å². The van der Waals surface area contributed by atoms with Crippen LogP contribution in [-0.4, -0.2) is 23.8 Å². The Balaban J connectivity index is 3.01. The molecule has 0 aliphatic rings. The molecule has 1 aromatic rings. The SMILES string of the molecule is C=C(C)/C(=N\C=C/C)Nc1ccc(C(=O)NCC(C)(C)N)c(CC)c1. The number of hydrogen-bond donors (Lipinski definition) is 3. The number of hydrogen-bond acceptors (Lipinski definition) is 3. The molecule has 0 fully saturated rings. The first-order valence-electron chi connectivity index (χ1n) is 8.49. The Labute approximate surface area is 151 Å². The Morgan fingerprint density at radius 1 is 1.40 bits per heavy atom. The van der Waals surface area contributed by atoms with Gasteiger partial charge >= 0.3 is 0 Å². The van der Waals surface area contributed by atoms with Gasteiger partial charge in [0.1, 0.15) is 5.84 Å². The van der Waals surface area contributed by atoms with Crippen LogP contribution >= 0.6 is 0 Å². The number of benzene rings is 1. The maximum Gasteiger partial charge on any atom is 0.251 e. The Bertz CT molecular complexity index is 681. The lowest BCUT2D eigenvalue weighted by molar-refractivity contribution is 0.0945. The highest BCUT2D eigenvalue weighted by molar-refractivity contribution is 6.07. The van der Waals surface area contributed by atoms with Gasteiger partial charge in [-0.3, -0.25) is 4.79 Å². The lowest BCUT2D eigenvalue weighted by Crippen LogP contribution is -2.45. The number of carbonyl (C=O) groups excluding carboxylic acids is 1. The standard InChI is InChI=1S/C20H30N4O/c1-7-11-22-18(14(3)4)24-16-9-10-17(15(8-2)12-16)19(25)23-13-20(5,6)21/h7,9-12H,3,8,13,21H2,1-2,4-6H3,(H,22,24)(H,23,25)/b11-7-. The van der Waals surface area contributed by atoms with E-state index >= 15 is 0 Å². The fourth-order valence-corrected chi connectivity index (χ4v) is 2.12. The number of nitrogens with two attached hydrogens (primary N) is 1. The smallest absolute Gasteiger partial charge is 0.251 e. The zero-order valence-electron chi connectivity index (χ0n) is 15.9. The third-order valence-electron chi connectivity index (χ3n) is 3.46. The number of rotatable bonds is 7. The first kappa shape index (κ1) is 20.6. The number of aliphatic imine (C=N–C) groups is 1. The quantitative estimate of drug-likeness (QED) is 0.523. The summed E-state index contributed by atoms with van der Waals surface area (Å²) in [4.78, 5) is 16.8. The summed E-state index contributed by atoms with van der Waals surface area (Å²) in [5.41, 5.74) is 8.83. The van der Waals surface area contributed by atoms with Crippen molar-refractivity contribution in [2.45, 2.75) is 46.6 Å². The van der Waals surface area contributed by atoms with Gasteiger partial charge in [-0.15, -0.1) is 0 Å². The number of nitrogens with zero attached hydrogens (tertiary/aromatic N) is 1. The van der Waals surface area contributed by atoms with E-state index < -0.39 is 5.54 Å². The Morgan fingerprint density at radius 3 is 2.60 bits per heavy atom.